The van der Waals surface area contributed by atoms with Crippen LogP contribution < -0.4 is 11.1 Å². The van der Waals surface area contributed by atoms with E-state index in [-0.39, 0.29) is 48.5 Å². The highest BCUT2D eigenvalue weighted by molar-refractivity contribution is 5.94. The molecule has 3 fully saturated rings. The Hall–Kier alpha value is -6.30. The molecule has 404 valence electrons. The van der Waals surface area contributed by atoms with Gasteiger partial charge in [-0.25, -0.2) is 19.2 Å². The molecule has 0 spiro atoms. The number of benzene rings is 2. The van der Waals surface area contributed by atoms with Crippen LogP contribution in [-0.2, 0) is 71.4 Å². The van der Waals surface area contributed by atoms with Crippen LogP contribution in [0.4, 0.5) is 4.79 Å². The number of nitrogens with two attached hydrogens (primary N) is 1. The summed E-state index contributed by atoms with van der Waals surface area (Å²) in [5, 5.41) is 40.7. The number of aliphatic hydroxyl groups excluding tert-OH is 2. The molecular weight excluding hydrogens is 973 g/mol. The molecule has 3 aliphatic carbocycles. The van der Waals surface area contributed by atoms with Gasteiger partial charge in [0.1, 0.15) is 54.3 Å². The molecule has 1 aliphatic heterocycles. The molecule has 0 radical (unpaired) electrons. The largest absolute Gasteiger partial charge is 0.462 e. The fourth-order valence-electron chi connectivity index (χ4n) is 10.6. The Morgan fingerprint density at radius 3 is 2.11 bits per heavy atom. The smallest absolute Gasteiger partial charge is 0.408 e. The fraction of sp³-hybridized carbons (Fsp3) is 0.577. The van der Waals surface area contributed by atoms with Gasteiger partial charge in [-0.15, -0.1) is 0 Å². The van der Waals surface area contributed by atoms with Gasteiger partial charge < -0.3 is 69.0 Å². The van der Waals surface area contributed by atoms with Gasteiger partial charge >= 0.3 is 41.9 Å². The summed E-state index contributed by atoms with van der Waals surface area (Å²) < 4.78 is 50.5. The number of amides is 1. The molecule has 6 N–H and O–H groups in total. The lowest BCUT2D eigenvalue weighted by atomic mass is 9.44. The molecule has 2 bridgehead atoms. The van der Waals surface area contributed by atoms with E-state index >= 15 is 9.59 Å². The zero-order valence-corrected chi connectivity index (χ0v) is 42.8. The molecule has 1 saturated heterocycles. The maximum atomic E-state index is 15.2. The molecular formula is C52H66N2O20. The first-order valence-corrected chi connectivity index (χ1v) is 24.0. The molecule has 2 aromatic carbocycles. The van der Waals surface area contributed by atoms with E-state index in [1.165, 1.54) is 59.1 Å². The topological polar surface area (TPSA) is 318 Å². The number of hydrogen-bond acceptors (Lipinski definition) is 21. The van der Waals surface area contributed by atoms with Crippen molar-refractivity contribution in [3.63, 3.8) is 0 Å². The summed E-state index contributed by atoms with van der Waals surface area (Å²) in [4.78, 5) is 110. The number of aliphatic hydroxyl groups is 3. The molecule has 22 heteroatoms. The molecule has 1 amide bonds. The second kappa shape index (κ2) is 22.3. The van der Waals surface area contributed by atoms with Gasteiger partial charge in [-0.05, 0) is 63.5 Å². The highest BCUT2D eigenvalue weighted by atomic mass is 16.6. The Bertz CT molecular complexity index is 2490. The van der Waals surface area contributed by atoms with E-state index in [9.17, 15) is 44.1 Å². The van der Waals surface area contributed by atoms with Crippen LogP contribution in [0.15, 0.2) is 71.8 Å². The van der Waals surface area contributed by atoms with Crippen LogP contribution in [0.3, 0.4) is 0 Å². The first-order valence-electron chi connectivity index (χ1n) is 24.0. The third-order valence-electron chi connectivity index (χ3n) is 14.4. The number of ketones is 1. The van der Waals surface area contributed by atoms with Crippen molar-refractivity contribution in [1.29, 1.82) is 0 Å². The van der Waals surface area contributed by atoms with Crippen LogP contribution >= 0.6 is 0 Å². The van der Waals surface area contributed by atoms with E-state index in [2.05, 4.69) is 5.32 Å². The van der Waals surface area contributed by atoms with Crippen molar-refractivity contribution in [1.82, 2.24) is 5.32 Å². The summed E-state index contributed by atoms with van der Waals surface area (Å²) in [5.74, 6) is -9.29. The number of hydrogen-bond donors (Lipinski definition) is 5. The molecule has 74 heavy (non-hydrogen) atoms. The Morgan fingerprint density at radius 2 is 1.53 bits per heavy atom. The number of rotatable bonds is 17. The molecule has 22 nitrogen and oxygen atoms in total. The lowest BCUT2D eigenvalue weighted by Crippen LogP contribution is -2.81. The molecule has 2 saturated carbocycles. The average Bonchev–Trinajstić information content (AvgIpc) is 3.32. The second-order valence-corrected chi connectivity index (χ2v) is 20.7. The third-order valence-corrected chi connectivity index (χ3v) is 14.4. The van der Waals surface area contributed by atoms with Gasteiger partial charge in [0.15, 0.2) is 18.0 Å². The minimum Gasteiger partial charge on any atom is -0.462 e. The van der Waals surface area contributed by atoms with E-state index in [0.29, 0.717) is 0 Å². The van der Waals surface area contributed by atoms with Gasteiger partial charge in [0.2, 0.25) is 6.10 Å². The maximum absolute atomic E-state index is 15.2. The molecule has 6 rings (SSSR count). The van der Waals surface area contributed by atoms with Crippen LogP contribution in [0.1, 0.15) is 96.6 Å². The van der Waals surface area contributed by atoms with Gasteiger partial charge in [0.25, 0.3) is 0 Å². The van der Waals surface area contributed by atoms with Gasteiger partial charge in [0, 0.05) is 32.3 Å². The van der Waals surface area contributed by atoms with E-state index in [4.69, 9.17) is 48.4 Å². The lowest BCUT2D eigenvalue weighted by molar-refractivity contribution is -0.346. The molecule has 12 atom stereocenters. The van der Waals surface area contributed by atoms with Crippen molar-refractivity contribution in [2.75, 3.05) is 33.5 Å². The summed E-state index contributed by atoms with van der Waals surface area (Å²) >= 11 is 0. The van der Waals surface area contributed by atoms with E-state index < -0.39 is 149 Å². The van der Waals surface area contributed by atoms with E-state index in [1.54, 1.807) is 57.2 Å². The monoisotopic (exact) mass is 1040 g/mol. The van der Waals surface area contributed by atoms with E-state index in [0.717, 1.165) is 6.92 Å². The Labute approximate surface area is 427 Å². The number of alkyl carbamates (subject to hydrolysis) is 1. The minimum absolute atomic E-state index is 0.0112. The Kier molecular flexibility index (Phi) is 17.2. The van der Waals surface area contributed by atoms with Crippen LogP contribution in [-0.4, -0.2) is 156 Å². The van der Waals surface area contributed by atoms with Crippen LogP contribution in [0.2, 0.25) is 0 Å². The quantitative estimate of drug-likeness (QED) is 0.0657. The molecule has 1 heterocycles. The summed E-state index contributed by atoms with van der Waals surface area (Å²) in [6.07, 6.45) is -13.3. The summed E-state index contributed by atoms with van der Waals surface area (Å²) in [6, 6.07) is 12.3. The number of methoxy groups -OCH3 is 1. The predicted octanol–water partition coefficient (Wildman–Crippen LogP) is 2.26. The zero-order valence-electron chi connectivity index (χ0n) is 42.8. The summed E-state index contributed by atoms with van der Waals surface area (Å²) in [6.45, 7) is 9.99. The minimum atomic E-state index is -2.51. The number of nitrogens with one attached hydrogen (secondary N) is 1. The molecule has 4 aliphatic rings. The van der Waals surface area contributed by atoms with E-state index in [1.807, 2.05) is 0 Å². The maximum Gasteiger partial charge on any atom is 0.408 e. The third kappa shape index (κ3) is 11.3. The highest BCUT2D eigenvalue weighted by Gasteiger charge is 2.78. The van der Waals surface area contributed by atoms with Crippen molar-refractivity contribution >= 4 is 47.7 Å². The van der Waals surface area contributed by atoms with Crippen molar-refractivity contribution < 1.29 is 96.3 Å². The van der Waals surface area contributed by atoms with Crippen LogP contribution in [0.5, 0.6) is 0 Å². The normalized spacial score (nSPS) is 29.1. The summed E-state index contributed by atoms with van der Waals surface area (Å²) in [5.41, 5.74) is -3.48. The fourth-order valence-corrected chi connectivity index (χ4v) is 10.6. The van der Waals surface area contributed by atoms with Crippen molar-refractivity contribution in [2.45, 2.75) is 140 Å². The van der Waals surface area contributed by atoms with Crippen LogP contribution in [0, 0.1) is 16.7 Å². The number of Topliss-reactive ketones (excluding diaryl/α,β-unsaturated/α-hetero) is 1. The lowest BCUT2D eigenvalue weighted by Gasteiger charge is -2.67. The average molecular weight is 1040 g/mol. The van der Waals surface area contributed by atoms with Gasteiger partial charge in [0.05, 0.1) is 42.6 Å². The SMILES string of the molecule is COCCOC(=O)[C@@H](N)CC(=O)OCC(=O)O[C@@H](C(=O)O[C@H]1C[C@@]2(O)[C@@H](OC(=O)c3ccccc3)[C@@H]3[C@]4(OC(C)=O)CO[C@@H]4C[C@H](O)[C@@]3(C)C(=O)[C@H](O)C(=C1C)C2(C)C)[C@@H](NC(=O)OC(C)(C)C)c1ccccc1. The number of esters is 6. The predicted molar refractivity (Wildman–Crippen MR) is 254 cm³/mol. The first kappa shape index (κ1) is 57.0. The standard InChI is InChI=1S/C52H66N2O20/c1-27-32(70-46(63)40(38(29-16-12-10-13-17-29)54-47(64)74-48(3,4)5)71-36(58)25-68-35(57)22-31(53)45(62)67-21-20-66-9)24-52(65)43(72-44(61)30-18-14-11-15-19-30)41-50(8,42(60)39(59)37(27)49(52,6)7)33(56)23-34-51(41,26-69-34)73-28(2)55/h10-19,31-34,38-41,43,56,59,65H,20-26,53H2,1-9H3,(H,54,64)/t31-,32-,33-,34+,38-,39+,40+,41-,43-,50+,51-,52+/m0/s1. The second-order valence-electron chi connectivity index (χ2n) is 20.7. The van der Waals surface area contributed by atoms with Crippen molar-refractivity contribution in [3.05, 3.63) is 82.9 Å². The number of carbonyl (C=O) groups is 8. The van der Waals surface area contributed by atoms with Gasteiger partial charge in [-0.3, -0.25) is 19.2 Å². The Balaban J connectivity index is 1.44. The molecule has 0 unspecified atom stereocenters. The number of carbonyl (C=O) groups excluding carboxylic acids is 8. The van der Waals surface area contributed by atoms with Crippen molar-refractivity contribution in [2.24, 2.45) is 22.5 Å². The van der Waals surface area contributed by atoms with Gasteiger partial charge in [-0.1, -0.05) is 62.4 Å². The number of ether oxygens (including phenoxy) is 9. The van der Waals surface area contributed by atoms with Crippen molar-refractivity contribution in [3.8, 4) is 0 Å². The zero-order chi connectivity index (χ0) is 54.7. The Morgan fingerprint density at radius 1 is 0.892 bits per heavy atom. The number of fused-ring (bicyclic) bond motifs is 5. The summed E-state index contributed by atoms with van der Waals surface area (Å²) in [7, 11) is 1.38. The first-order chi connectivity index (χ1) is 34.6. The molecule has 2 aromatic rings. The van der Waals surface area contributed by atoms with Crippen LogP contribution in [0.25, 0.3) is 0 Å². The van der Waals surface area contributed by atoms with Gasteiger partial charge in [-0.2, -0.15) is 0 Å². The highest BCUT2D eigenvalue weighted by Crippen LogP contribution is 2.64. The molecule has 0 aromatic heterocycles.